The molecule has 1 aliphatic heterocycles. The molecule has 1 atom stereocenters. The number of hydrogen-bond donors (Lipinski definition) is 0. The van der Waals surface area contributed by atoms with E-state index in [1.165, 1.54) is 5.56 Å². The van der Waals surface area contributed by atoms with Gasteiger partial charge in [-0.3, -0.25) is 0 Å². The van der Waals surface area contributed by atoms with Crippen molar-refractivity contribution in [1.82, 2.24) is 5.32 Å². The van der Waals surface area contributed by atoms with E-state index >= 15 is 0 Å². The number of morpholine rings is 1. The molecule has 1 aromatic carbocycles. The Balaban J connectivity index is 2.08. The minimum Gasteiger partial charge on any atom is -0.371 e. The van der Waals surface area contributed by atoms with Gasteiger partial charge < -0.3 is 4.74 Å². The predicted molar refractivity (Wildman–Crippen MR) is 47.0 cm³/mol. The quantitative estimate of drug-likeness (QED) is 0.611. The highest BCUT2D eigenvalue weighted by molar-refractivity contribution is 5.18. The van der Waals surface area contributed by atoms with Gasteiger partial charge in [0.2, 0.25) is 0 Å². The van der Waals surface area contributed by atoms with Gasteiger partial charge in [0.15, 0.2) is 0 Å². The molecule has 2 heteroatoms. The molecule has 1 heterocycles. The Morgan fingerprint density at radius 1 is 1.25 bits per heavy atom. The van der Waals surface area contributed by atoms with E-state index < -0.39 is 0 Å². The molecule has 0 bridgehead atoms. The first-order chi connectivity index (χ1) is 5.97. The lowest BCUT2D eigenvalue weighted by Crippen LogP contribution is -2.28. The number of ether oxygens (including phenoxy) is 1. The van der Waals surface area contributed by atoms with Crippen molar-refractivity contribution in [2.75, 3.05) is 19.7 Å². The summed E-state index contributed by atoms with van der Waals surface area (Å²) < 4.78 is 5.57. The molecule has 0 amide bonds. The fourth-order valence-electron chi connectivity index (χ4n) is 1.39. The first-order valence-electron chi connectivity index (χ1n) is 4.26. The van der Waals surface area contributed by atoms with Gasteiger partial charge in [-0.15, -0.1) is 0 Å². The van der Waals surface area contributed by atoms with Gasteiger partial charge in [-0.1, -0.05) is 30.3 Å². The number of hydrogen-bond acceptors (Lipinski definition) is 1. The van der Waals surface area contributed by atoms with Crippen molar-refractivity contribution in [2.24, 2.45) is 0 Å². The summed E-state index contributed by atoms with van der Waals surface area (Å²) in [4.78, 5) is 0. The van der Waals surface area contributed by atoms with Crippen molar-refractivity contribution >= 4 is 0 Å². The van der Waals surface area contributed by atoms with Crippen LogP contribution in [0.3, 0.4) is 0 Å². The van der Waals surface area contributed by atoms with E-state index in [1.54, 1.807) is 0 Å². The third-order valence-corrected chi connectivity index (χ3v) is 2.03. The Kier molecular flexibility index (Phi) is 2.39. The van der Waals surface area contributed by atoms with Crippen molar-refractivity contribution in [2.45, 2.75) is 6.10 Å². The summed E-state index contributed by atoms with van der Waals surface area (Å²) in [5, 5.41) is 4.31. The number of nitrogens with zero attached hydrogens (tertiary/aromatic N) is 1. The average Bonchev–Trinajstić information content (AvgIpc) is 2.21. The van der Waals surface area contributed by atoms with E-state index in [-0.39, 0.29) is 6.10 Å². The van der Waals surface area contributed by atoms with Crippen LogP contribution >= 0.6 is 0 Å². The smallest absolute Gasteiger partial charge is 0.0966 e. The Hall–Kier alpha value is -0.860. The fraction of sp³-hybridized carbons (Fsp3) is 0.400. The highest BCUT2D eigenvalue weighted by atomic mass is 16.5. The second-order valence-corrected chi connectivity index (χ2v) is 2.90. The van der Waals surface area contributed by atoms with Crippen LogP contribution < -0.4 is 5.32 Å². The second kappa shape index (κ2) is 3.70. The van der Waals surface area contributed by atoms with Crippen LogP contribution in [0.1, 0.15) is 11.7 Å². The fourth-order valence-corrected chi connectivity index (χ4v) is 1.39. The molecule has 0 unspecified atom stereocenters. The lowest BCUT2D eigenvalue weighted by atomic mass is 10.1. The first kappa shape index (κ1) is 7.77. The molecule has 1 aromatic rings. The maximum absolute atomic E-state index is 5.57. The zero-order chi connectivity index (χ0) is 8.23. The second-order valence-electron chi connectivity index (χ2n) is 2.90. The maximum Gasteiger partial charge on any atom is 0.0966 e. The van der Waals surface area contributed by atoms with Gasteiger partial charge in [-0.05, 0) is 5.56 Å². The molecule has 1 fully saturated rings. The van der Waals surface area contributed by atoms with Gasteiger partial charge >= 0.3 is 0 Å². The minimum absolute atomic E-state index is 0.194. The van der Waals surface area contributed by atoms with E-state index in [0.717, 1.165) is 19.7 Å². The Morgan fingerprint density at radius 3 is 2.75 bits per heavy atom. The van der Waals surface area contributed by atoms with Gasteiger partial charge in [0.05, 0.1) is 12.7 Å². The van der Waals surface area contributed by atoms with Gasteiger partial charge in [-0.2, -0.15) is 0 Å². The molecule has 1 aliphatic rings. The average molecular weight is 162 g/mol. The zero-order valence-corrected chi connectivity index (χ0v) is 6.94. The summed E-state index contributed by atoms with van der Waals surface area (Å²) in [6.07, 6.45) is 0.194. The molecule has 0 aromatic heterocycles. The molecule has 2 rings (SSSR count). The molecule has 2 nitrogen and oxygen atoms in total. The van der Waals surface area contributed by atoms with Crippen LogP contribution in [0.5, 0.6) is 0 Å². The topological polar surface area (TPSA) is 23.3 Å². The van der Waals surface area contributed by atoms with Crippen molar-refractivity contribution in [3.63, 3.8) is 0 Å². The first-order valence-corrected chi connectivity index (χ1v) is 4.26. The largest absolute Gasteiger partial charge is 0.371 e. The molecule has 1 saturated heterocycles. The molecule has 63 valence electrons. The summed E-state index contributed by atoms with van der Waals surface area (Å²) in [7, 11) is 0. The van der Waals surface area contributed by atoms with E-state index in [1.807, 2.05) is 18.2 Å². The highest BCUT2D eigenvalue weighted by Crippen LogP contribution is 2.17. The Morgan fingerprint density at radius 2 is 2.08 bits per heavy atom. The van der Waals surface area contributed by atoms with Crippen LogP contribution in [0, 0.1) is 0 Å². The summed E-state index contributed by atoms with van der Waals surface area (Å²) in [6, 6.07) is 10.3. The summed E-state index contributed by atoms with van der Waals surface area (Å²) in [5.41, 5.74) is 1.24. The van der Waals surface area contributed by atoms with Crippen LogP contribution in [-0.2, 0) is 4.74 Å². The lowest BCUT2D eigenvalue weighted by molar-refractivity contribution is 0.0261. The van der Waals surface area contributed by atoms with Gasteiger partial charge in [0.1, 0.15) is 0 Å². The monoisotopic (exact) mass is 162 g/mol. The molecule has 0 spiro atoms. The lowest BCUT2D eigenvalue weighted by Gasteiger charge is -2.22. The van der Waals surface area contributed by atoms with Crippen LogP contribution in [-0.4, -0.2) is 19.7 Å². The van der Waals surface area contributed by atoms with Crippen LogP contribution in [0.2, 0.25) is 0 Å². The third kappa shape index (κ3) is 1.65. The van der Waals surface area contributed by atoms with Crippen molar-refractivity contribution < 1.29 is 4.74 Å². The third-order valence-electron chi connectivity index (χ3n) is 2.03. The van der Waals surface area contributed by atoms with E-state index in [0.29, 0.717) is 0 Å². The molecule has 0 saturated carbocycles. The summed E-state index contributed by atoms with van der Waals surface area (Å²) >= 11 is 0. The summed E-state index contributed by atoms with van der Waals surface area (Å²) in [6.45, 7) is 2.42. The van der Waals surface area contributed by atoms with Crippen LogP contribution in [0.25, 0.3) is 0 Å². The van der Waals surface area contributed by atoms with Crippen molar-refractivity contribution in [1.29, 1.82) is 0 Å². The minimum atomic E-state index is 0.194. The van der Waals surface area contributed by atoms with E-state index in [2.05, 4.69) is 17.4 Å². The number of rotatable bonds is 1. The normalized spacial score (nSPS) is 23.8. The van der Waals surface area contributed by atoms with Crippen LogP contribution in [0.15, 0.2) is 30.3 Å². The molecule has 0 aliphatic carbocycles. The zero-order valence-electron chi connectivity index (χ0n) is 6.94. The Labute approximate surface area is 72.5 Å². The van der Waals surface area contributed by atoms with Gasteiger partial charge in [0, 0.05) is 13.1 Å². The van der Waals surface area contributed by atoms with Crippen molar-refractivity contribution in [3.8, 4) is 0 Å². The summed E-state index contributed by atoms with van der Waals surface area (Å²) in [5.74, 6) is 0. The molecule has 12 heavy (non-hydrogen) atoms. The number of benzene rings is 1. The SMILES string of the molecule is c1ccc([C@@H]2C[N]CCO2)cc1. The van der Waals surface area contributed by atoms with E-state index in [9.17, 15) is 0 Å². The van der Waals surface area contributed by atoms with E-state index in [4.69, 9.17) is 4.74 Å². The van der Waals surface area contributed by atoms with Gasteiger partial charge in [-0.25, -0.2) is 5.32 Å². The highest BCUT2D eigenvalue weighted by Gasteiger charge is 2.15. The molecule has 1 radical (unpaired) electrons. The predicted octanol–water partition coefficient (Wildman–Crippen LogP) is 1.36. The van der Waals surface area contributed by atoms with Crippen LogP contribution in [0.4, 0.5) is 0 Å². The maximum atomic E-state index is 5.57. The molecule has 0 N–H and O–H groups in total. The van der Waals surface area contributed by atoms with Crippen molar-refractivity contribution in [3.05, 3.63) is 35.9 Å². The Bertz CT molecular complexity index is 229. The standard InChI is InChI=1S/C10H12NO/c1-2-4-9(5-3-1)10-8-11-6-7-12-10/h1-5,10H,6-8H2/t10-/m0/s1. The molecular weight excluding hydrogens is 150 g/mol. The van der Waals surface area contributed by atoms with Gasteiger partial charge in [0.25, 0.3) is 0 Å². The molecular formula is C10H12NO.